The predicted molar refractivity (Wildman–Crippen MR) is 95.7 cm³/mol. The number of nitrogens with one attached hydrogen (secondary N) is 4. The number of hydrogen-bond acceptors (Lipinski definition) is 7. The molecule has 4 N–H and O–H groups in total. The van der Waals surface area contributed by atoms with Gasteiger partial charge in [0.25, 0.3) is 0 Å². The Kier molecular flexibility index (Phi) is 10.1. The average molecular weight is 394 g/mol. The SMILES string of the molecule is COC(=O)CNC(=O)CNC(=O)CNC(=O)CNC(=O)OCc1ccccc1. The number of ether oxygens (including phenoxy) is 2. The largest absolute Gasteiger partial charge is 0.468 e. The van der Waals surface area contributed by atoms with Crippen molar-refractivity contribution in [3.05, 3.63) is 35.9 Å². The molecular weight excluding hydrogens is 372 g/mol. The first-order chi connectivity index (χ1) is 13.4. The zero-order valence-electron chi connectivity index (χ0n) is 15.3. The first-order valence-electron chi connectivity index (χ1n) is 8.22. The zero-order chi connectivity index (χ0) is 20.8. The summed E-state index contributed by atoms with van der Waals surface area (Å²) in [6, 6.07) is 9.01. The molecule has 4 amide bonds. The van der Waals surface area contributed by atoms with Crippen LogP contribution in [0.3, 0.4) is 0 Å². The number of carbonyl (C=O) groups excluding carboxylic acids is 5. The van der Waals surface area contributed by atoms with Crippen molar-refractivity contribution in [2.75, 3.05) is 33.3 Å². The number of hydrogen-bond donors (Lipinski definition) is 4. The molecule has 0 heterocycles. The summed E-state index contributed by atoms with van der Waals surface area (Å²) in [7, 11) is 1.18. The highest BCUT2D eigenvalue weighted by Gasteiger charge is 2.10. The van der Waals surface area contributed by atoms with Crippen molar-refractivity contribution in [2.45, 2.75) is 6.61 Å². The van der Waals surface area contributed by atoms with Crippen LogP contribution in [0.25, 0.3) is 0 Å². The lowest BCUT2D eigenvalue weighted by molar-refractivity contribution is -0.141. The normalized spacial score (nSPS) is 9.61. The number of methoxy groups -OCH3 is 1. The molecule has 0 spiro atoms. The number of esters is 1. The van der Waals surface area contributed by atoms with E-state index in [0.717, 1.165) is 5.56 Å². The lowest BCUT2D eigenvalue weighted by Crippen LogP contribution is -2.45. The van der Waals surface area contributed by atoms with Crippen molar-refractivity contribution in [1.29, 1.82) is 0 Å². The molecule has 0 atom stereocenters. The minimum absolute atomic E-state index is 0.0642. The van der Waals surface area contributed by atoms with E-state index in [-0.39, 0.29) is 32.8 Å². The molecule has 0 aliphatic carbocycles. The number of benzene rings is 1. The van der Waals surface area contributed by atoms with E-state index in [1.54, 1.807) is 24.3 Å². The lowest BCUT2D eigenvalue weighted by Gasteiger charge is -2.09. The molecule has 0 aliphatic heterocycles. The van der Waals surface area contributed by atoms with Crippen molar-refractivity contribution in [3.8, 4) is 0 Å². The molecule has 11 heteroatoms. The molecule has 1 aromatic rings. The Morgan fingerprint density at radius 3 is 1.79 bits per heavy atom. The molecule has 0 fully saturated rings. The maximum absolute atomic E-state index is 11.6. The lowest BCUT2D eigenvalue weighted by atomic mass is 10.2. The number of alkyl carbamates (subject to hydrolysis) is 1. The Balaban J connectivity index is 2.11. The van der Waals surface area contributed by atoms with E-state index in [1.807, 2.05) is 6.07 Å². The zero-order valence-corrected chi connectivity index (χ0v) is 15.3. The van der Waals surface area contributed by atoms with Crippen LogP contribution < -0.4 is 21.3 Å². The highest BCUT2D eigenvalue weighted by atomic mass is 16.5. The second-order valence-corrected chi connectivity index (χ2v) is 5.32. The van der Waals surface area contributed by atoms with Gasteiger partial charge in [0.15, 0.2) is 0 Å². The average Bonchev–Trinajstić information content (AvgIpc) is 2.72. The molecule has 0 radical (unpaired) electrons. The molecule has 0 aliphatic rings. The van der Waals surface area contributed by atoms with Crippen molar-refractivity contribution in [1.82, 2.24) is 21.3 Å². The summed E-state index contributed by atoms with van der Waals surface area (Å²) in [4.78, 5) is 56.8. The fourth-order valence-corrected chi connectivity index (χ4v) is 1.71. The van der Waals surface area contributed by atoms with Gasteiger partial charge in [-0.05, 0) is 5.56 Å². The Hall–Kier alpha value is -3.63. The number of rotatable bonds is 10. The minimum Gasteiger partial charge on any atom is -0.468 e. The van der Waals surface area contributed by atoms with E-state index in [9.17, 15) is 24.0 Å². The molecule has 0 saturated carbocycles. The van der Waals surface area contributed by atoms with Gasteiger partial charge >= 0.3 is 12.1 Å². The fraction of sp³-hybridized carbons (Fsp3) is 0.353. The number of carbonyl (C=O) groups is 5. The van der Waals surface area contributed by atoms with Gasteiger partial charge in [0.05, 0.1) is 20.2 Å². The van der Waals surface area contributed by atoms with Crippen LogP contribution in [0.15, 0.2) is 30.3 Å². The summed E-state index contributed by atoms with van der Waals surface area (Å²) in [5, 5.41) is 9.00. The molecule has 152 valence electrons. The van der Waals surface area contributed by atoms with Crippen molar-refractivity contribution >= 4 is 29.8 Å². The summed E-state index contributed by atoms with van der Waals surface area (Å²) >= 11 is 0. The predicted octanol–water partition coefficient (Wildman–Crippen LogP) is -1.57. The molecule has 0 unspecified atom stereocenters. The van der Waals surface area contributed by atoms with Gasteiger partial charge in [-0.15, -0.1) is 0 Å². The van der Waals surface area contributed by atoms with Crippen LogP contribution in [0.4, 0.5) is 4.79 Å². The molecular formula is C17H22N4O7. The van der Waals surface area contributed by atoms with E-state index in [2.05, 4.69) is 26.0 Å². The smallest absolute Gasteiger partial charge is 0.407 e. The van der Waals surface area contributed by atoms with Gasteiger partial charge in [0.2, 0.25) is 17.7 Å². The van der Waals surface area contributed by atoms with Crippen molar-refractivity contribution in [2.24, 2.45) is 0 Å². The van der Waals surface area contributed by atoms with Gasteiger partial charge in [-0.25, -0.2) is 4.79 Å². The molecule has 1 aromatic carbocycles. The van der Waals surface area contributed by atoms with Crippen LogP contribution in [-0.4, -0.2) is 63.1 Å². The molecule has 28 heavy (non-hydrogen) atoms. The van der Waals surface area contributed by atoms with E-state index in [4.69, 9.17) is 4.74 Å². The van der Waals surface area contributed by atoms with Crippen LogP contribution in [-0.2, 0) is 35.3 Å². The molecule has 0 saturated heterocycles. The molecule has 11 nitrogen and oxygen atoms in total. The highest BCUT2D eigenvalue weighted by molar-refractivity contribution is 5.90. The van der Waals surface area contributed by atoms with E-state index in [1.165, 1.54) is 7.11 Å². The van der Waals surface area contributed by atoms with Gasteiger partial charge in [0.1, 0.15) is 19.7 Å². The topological polar surface area (TPSA) is 152 Å². The monoisotopic (exact) mass is 394 g/mol. The first kappa shape index (κ1) is 22.4. The van der Waals surface area contributed by atoms with Gasteiger partial charge < -0.3 is 30.7 Å². The van der Waals surface area contributed by atoms with Crippen LogP contribution in [0.2, 0.25) is 0 Å². The summed E-state index contributed by atoms with van der Waals surface area (Å²) in [6.07, 6.45) is -0.772. The molecule has 0 bridgehead atoms. The Bertz CT molecular complexity index is 694. The molecule has 1 rings (SSSR count). The van der Waals surface area contributed by atoms with E-state index >= 15 is 0 Å². The van der Waals surface area contributed by atoms with Crippen molar-refractivity contribution < 1.29 is 33.4 Å². The summed E-state index contributed by atoms with van der Waals surface area (Å²) < 4.78 is 9.27. The Labute approximate surface area is 161 Å². The maximum Gasteiger partial charge on any atom is 0.407 e. The summed E-state index contributed by atoms with van der Waals surface area (Å²) in [5.74, 6) is -2.44. The minimum atomic E-state index is -0.772. The third kappa shape index (κ3) is 10.4. The van der Waals surface area contributed by atoms with E-state index < -0.39 is 29.8 Å². The van der Waals surface area contributed by atoms with Gasteiger partial charge in [-0.2, -0.15) is 0 Å². The van der Waals surface area contributed by atoms with Gasteiger partial charge in [-0.3, -0.25) is 19.2 Å². The Morgan fingerprint density at radius 1 is 0.750 bits per heavy atom. The van der Waals surface area contributed by atoms with Crippen LogP contribution in [0.5, 0.6) is 0 Å². The second kappa shape index (κ2) is 12.7. The standard InChI is InChI=1S/C17H22N4O7/c1-27-16(25)10-20-14(23)8-18-13(22)7-19-15(24)9-21-17(26)28-11-12-5-3-2-4-6-12/h2-6H,7-11H2,1H3,(H,18,22)(H,19,24)(H,20,23)(H,21,26). The third-order valence-electron chi connectivity index (χ3n) is 3.16. The number of amides is 4. The third-order valence-corrected chi connectivity index (χ3v) is 3.16. The maximum atomic E-state index is 11.6. The van der Waals surface area contributed by atoms with Gasteiger partial charge in [0, 0.05) is 0 Å². The summed E-state index contributed by atoms with van der Waals surface area (Å²) in [5.41, 5.74) is 0.800. The van der Waals surface area contributed by atoms with Crippen LogP contribution in [0, 0.1) is 0 Å². The molecule has 0 aromatic heterocycles. The second-order valence-electron chi connectivity index (χ2n) is 5.32. The first-order valence-corrected chi connectivity index (χ1v) is 8.22. The van der Waals surface area contributed by atoms with Crippen LogP contribution in [0.1, 0.15) is 5.56 Å². The van der Waals surface area contributed by atoms with Crippen LogP contribution >= 0.6 is 0 Å². The summed E-state index contributed by atoms with van der Waals surface area (Å²) in [6.45, 7) is -1.37. The van der Waals surface area contributed by atoms with E-state index in [0.29, 0.717) is 0 Å². The highest BCUT2D eigenvalue weighted by Crippen LogP contribution is 2.00. The quantitative estimate of drug-likeness (QED) is 0.350. The van der Waals surface area contributed by atoms with Crippen molar-refractivity contribution in [3.63, 3.8) is 0 Å². The fourth-order valence-electron chi connectivity index (χ4n) is 1.71. The Morgan fingerprint density at radius 2 is 1.25 bits per heavy atom. The van der Waals surface area contributed by atoms with Gasteiger partial charge in [-0.1, -0.05) is 30.3 Å².